The molecule has 1 heterocycles. The number of β-lactam (4-membered cyclic amide) rings is 1. The number of hydrogen-bond donors (Lipinski definition) is 0. The van der Waals surface area contributed by atoms with Crippen LogP contribution in [0.4, 0.5) is 0 Å². The predicted molar refractivity (Wildman–Crippen MR) is 99.6 cm³/mol. The Bertz CT molecular complexity index is 807. The number of halogens is 1. The summed E-state index contributed by atoms with van der Waals surface area (Å²) < 4.78 is 5.93. The fourth-order valence-corrected chi connectivity index (χ4v) is 3.55. The predicted octanol–water partition coefficient (Wildman–Crippen LogP) is 3.84. The van der Waals surface area contributed by atoms with Crippen molar-refractivity contribution in [2.24, 2.45) is 5.41 Å². The summed E-state index contributed by atoms with van der Waals surface area (Å²) in [6.45, 7) is 0. The smallest absolute Gasteiger partial charge is 0.327 e. The normalized spacial score (nSPS) is 22.8. The second kappa shape index (κ2) is 6.84. The molecule has 2 aromatic rings. The fraction of sp³-hybridized carbons (Fsp3) is 0.200. The number of carbonyl (C=O) groups is 2. The molecule has 1 aliphatic heterocycles. The van der Waals surface area contributed by atoms with Crippen molar-refractivity contribution in [2.45, 2.75) is 6.04 Å². The first-order valence-corrected chi connectivity index (χ1v) is 8.65. The summed E-state index contributed by atoms with van der Waals surface area (Å²) >= 11 is 3.41. The van der Waals surface area contributed by atoms with Crippen LogP contribution in [-0.4, -0.2) is 30.9 Å². The van der Waals surface area contributed by atoms with Crippen molar-refractivity contribution in [3.8, 4) is 0 Å². The average molecular weight is 400 g/mol. The van der Waals surface area contributed by atoms with Crippen molar-refractivity contribution >= 4 is 33.9 Å². The fourth-order valence-electron chi connectivity index (χ4n) is 3.29. The Morgan fingerprint density at radius 3 is 2.40 bits per heavy atom. The zero-order valence-electron chi connectivity index (χ0n) is 14.0. The van der Waals surface area contributed by atoms with Crippen LogP contribution in [0.1, 0.15) is 17.2 Å². The number of rotatable bonds is 4. The van der Waals surface area contributed by atoms with Crippen molar-refractivity contribution < 1.29 is 14.3 Å². The van der Waals surface area contributed by atoms with E-state index in [0.29, 0.717) is 0 Å². The lowest BCUT2D eigenvalue weighted by atomic mass is 9.67. The van der Waals surface area contributed by atoms with Crippen LogP contribution < -0.4 is 0 Å². The number of carbonyl (C=O) groups excluding carboxylic acids is 2. The molecular formula is C20H18BrNO3. The van der Waals surface area contributed by atoms with Gasteiger partial charge in [0.05, 0.1) is 13.2 Å². The van der Waals surface area contributed by atoms with E-state index in [9.17, 15) is 9.59 Å². The Morgan fingerprint density at radius 2 is 1.80 bits per heavy atom. The zero-order chi connectivity index (χ0) is 18.0. The van der Waals surface area contributed by atoms with E-state index in [-0.39, 0.29) is 5.91 Å². The van der Waals surface area contributed by atoms with Crippen LogP contribution in [0.25, 0.3) is 6.08 Å². The minimum absolute atomic E-state index is 0.264. The molecule has 4 nitrogen and oxygen atoms in total. The van der Waals surface area contributed by atoms with Gasteiger partial charge >= 0.3 is 5.97 Å². The van der Waals surface area contributed by atoms with E-state index in [4.69, 9.17) is 4.74 Å². The summed E-state index contributed by atoms with van der Waals surface area (Å²) in [4.78, 5) is 26.9. The number of esters is 1. The van der Waals surface area contributed by atoms with Crippen LogP contribution in [0.2, 0.25) is 0 Å². The third kappa shape index (κ3) is 2.89. The number of likely N-dealkylation sites (tertiary alicyclic amines) is 1. The van der Waals surface area contributed by atoms with Crippen LogP contribution >= 0.6 is 15.9 Å². The molecule has 0 bridgehead atoms. The molecule has 3 rings (SSSR count). The third-order valence-electron chi connectivity index (χ3n) is 4.54. The van der Waals surface area contributed by atoms with Gasteiger partial charge in [-0.3, -0.25) is 9.59 Å². The topological polar surface area (TPSA) is 46.6 Å². The molecule has 5 heteroatoms. The van der Waals surface area contributed by atoms with Crippen LogP contribution in [0, 0.1) is 5.41 Å². The highest BCUT2D eigenvalue weighted by molar-refractivity contribution is 9.10. The number of amides is 1. The van der Waals surface area contributed by atoms with Gasteiger partial charge in [-0.15, -0.1) is 0 Å². The van der Waals surface area contributed by atoms with Gasteiger partial charge in [-0.2, -0.15) is 0 Å². The van der Waals surface area contributed by atoms with E-state index in [1.165, 1.54) is 7.11 Å². The number of nitrogens with zero attached hydrogens (tertiary/aromatic N) is 1. The quantitative estimate of drug-likeness (QED) is 0.445. The van der Waals surface area contributed by atoms with Crippen LogP contribution in [-0.2, 0) is 14.3 Å². The van der Waals surface area contributed by atoms with Gasteiger partial charge < -0.3 is 9.64 Å². The van der Waals surface area contributed by atoms with Gasteiger partial charge in [-0.05, 0) is 23.3 Å². The highest BCUT2D eigenvalue weighted by atomic mass is 79.9. The summed E-state index contributed by atoms with van der Waals surface area (Å²) in [5.41, 5.74) is 0.462. The number of methoxy groups -OCH3 is 1. The lowest BCUT2D eigenvalue weighted by Gasteiger charge is -2.51. The zero-order valence-corrected chi connectivity index (χ0v) is 15.6. The van der Waals surface area contributed by atoms with Crippen LogP contribution in [0.15, 0.2) is 65.1 Å². The van der Waals surface area contributed by atoms with Gasteiger partial charge in [0, 0.05) is 11.5 Å². The van der Waals surface area contributed by atoms with E-state index in [0.717, 1.165) is 15.6 Å². The van der Waals surface area contributed by atoms with Gasteiger partial charge in [-0.25, -0.2) is 0 Å². The molecule has 1 fully saturated rings. The van der Waals surface area contributed by atoms with E-state index in [2.05, 4.69) is 15.9 Å². The standard InChI is InChI=1S/C20H18BrNO3/c1-22-17(15-8-10-16(21)11-9-15)20(18(22)23,19(24)25-2)13-12-14-6-4-3-5-7-14/h3-13,17H,1-2H3/b13-12+/t17-,20+/m1/s1. The molecule has 0 aromatic heterocycles. The number of hydrogen-bond acceptors (Lipinski definition) is 3. The van der Waals surface area contributed by atoms with Crippen molar-refractivity contribution in [1.29, 1.82) is 0 Å². The van der Waals surface area contributed by atoms with Gasteiger partial charge in [-0.1, -0.05) is 70.5 Å². The van der Waals surface area contributed by atoms with Crippen LogP contribution in [0.3, 0.4) is 0 Å². The SMILES string of the molecule is COC(=O)[C@]1(/C=C/c2ccccc2)C(=O)N(C)[C@@H]1c1ccc(Br)cc1. The van der Waals surface area contributed by atoms with Crippen molar-refractivity contribution in [1.82, 2.24) is 4.90 Å². The molecule has 128 valence electrons. The average Bonchev–Trinajstić information content (AvgIpc) is 2.65. The molecule has 0 N–H and O–H groups in total. The van der Waals surface area contributed by atoms with Crippen LogP contribution in [0.5, 0.6) is 0 Å². The lowest BCUT2D eigenvalue weighted by Crippen LogP contribution is -2.64. The number of ether oxygens (including phenoxy) is 1. The van der Waals surface area contributed by atoms with Crippen molar-refractivity contribution in [3.63, 3.8) is 0 Å². The molecule has 25 heavy (non-hydrogen) atoms. The second-order valence-electron chi connectivity index (χ2n) is 5.97. The lowest BCUT2D eigenvalue weighted by molar-refractivity contribution is -0.180. The van der Waals surface area contributed by atoms with E-state index < -0.39 is 17.4 Å². The first-order valence-electron chi connectivity index (χ1n) is 7.86. The minimum Gasteiger partial charge on any atom is -0.468 e. The summed E-state index contributed by atoms with van der Waals surface area (Å²) in [6.07, 6.45) is 3.47. The van der Waals surface area contributed by atoms with Gasteiger partial charge in [0.2, 0.25) is 5.91 Å². The van der Waals surface area contributed by atoms with Gasteiger partial charge in [0.25, 0.3) is 0 Å². The summed E-state index contributed by atoms with van der Waals surface area (Å²) in [6, 6.07) is 16.8. The minimum atomic E-state index is -1.34. The Morgan fingerprint density at radius 1 is 1.16 bits per heavy atom. The van der Waals surface area contributed by atoms with Gasteiger partial charge in [0.15, 0.2) is 5.41 Å². The first-order chi connectivity index (χ1) is 12.0. The molecule has 1 amide bonds. The van der Waals surface area contributed by atoms with E-state index in [1.54, 1.807) is 24.1 Å². The highest BCUT2D eigenvalue weighted by Crippen LogP contribution is 2.51. The van der Waals surface area contributed by atoms with E-state index in [1.807, 2.05) is 54.6 Å². The molecule has 2 aromatic carbocycles. The highest BCUT2D eigenvalue weighted by Gasteiger charge is 2.64. The molecule has 1 aliphatic rings. The third-order valence-corrected chi connectivity index (χ3v) is 5.07. The van der Waals surface area contributed by atoms with E-state index >= 15 is 0 Å². The first kappa shape index (κ1) is 17.4. The summed E-state index contributed by atoms with van der Waals surface area (Å²) in [5, 5.41) is 0. The maximum Gasteiger partial charge on any atom is 0.327 e. The molecule has 2 atom stereocenters. The molecular weight excluding hydrogens is 382 g/mol. The molecule has 0 radical (unpaired) electrons. The summed E-state index contributed by atoms with van der Waals surface area (Å²) in [7, 11) is 3.01. The number of benzene rings is 2. The monoisotopic (exact) mass is 399 g/mol. The Balaban J connectivity index is 2.06. The van der Waals surface area contributed by atoms with Crippen molar-refractivity contribution in [2.75, 3.05) is 14.2 Å². The molecule has 0 saturated carbocycles. The molecule has 1 saturated heterocycles. The molecule has 0 aliphatic carbocycles. The Labute approximate surface area is 155 Å². The van der Waals surface area contributed by atoms with Crippen molar-refractivity contribution in [3.05, 3.63) is 76.3 Å². The second-order valence-corrected chi connectivity index (χ2v) is 6.89. The van der Waals surface area contributed by atoms with Gasteiger partial charge in [0.1, 0.15) is 0 Å². The summed E-state index contributed by atoms with van der Waals surface area (Å²) in [5.74, 6) is -0.810. The largest absolute Gasteiger partial charge is 0.468 e. The maximum absolute atomic E-state index is 12.7. The maximum atomic E-state index is 12.7. The Hall–Kier alpha value is -2.40. The molecule has 0 unspecified atom stereocenters. The Kier molecular flexibility index (Phi) is 4.77. The molecule has 0 spiro atoms.